The first-order valence-electron chi connectivity index (χ1n) is 7.59. The highest BCUT2D eigenvalue weighted by Crippen LogP contribution is 2.19. The van der Waals surface area contributed by atoms with Crippen molar-refractivity contribution in [1.29, 1.82) is 0 Å². The Balaban J connectivity index is 1.87. The Morgan fingerprint density at radius 2 is 2.04 bits per heavy atom. The number of carbonyl (C=O) groups excluding carboxylic acids is 1. The highest BCUT2D eigenvalue weighted by molar-refractivity contribution is 6.03. The lowest BCUT2D eigenvalue weighted by atomic mass is 9.91. The summed E-state index contributed by atoms with van der Waals surface area (Å²) in [5.41, 5.74) is 1.06. The van der Waals surface area contributed by atoms with Crippen LogP contribution in [0.25, 0.3) is 5.69 Å². The predicted octanol–water partition coefficient (Wildman–Crippen LogP) is 1.30. The van der Waals surface area contributed by atoms with Crippen LogP contribution in [0.1, 0.15) is 37.0 Å². The standard InChI is InChI=1S/C16H17N7O2/c1-16(2,3)13-8-12(19-15(25)20-13)14(24)18-10-5-4-6-11(7-10)23-9-17-21-22-23/h4-9H,1-3H3,(H,18,24)(H,19,20,25). The van der Waals surface area contributed by atoms with Crippen molar-refractivity contribution in [2.45, 2.75) is 26.2 Å². The normalized spacial score (nSPS) is 11.3. The smallest absolute Gasteiger partial charge is 0.321 e. The molecule has 1 amide bonds. The van der Waals surface area contributed by atoms with E-state index in [9.17, 15) is 9.59 Å². The van der Waals surface area contributed by atoms with E-state index in [1.54, 1.807) is 30.3 Å². The van der Waals surface area contributed by atoms with E-state index < -0.39 is 11.6 Å². The highest BCUT2D eigenvalue weighted by Gasteiger charge is 2.19. The molecule has 0 aliphatic heterocycles. The number of aromatic nitrogens is 6. The third kappa shape index (κ3) is 3.77. The molecular formula is C16H17N7O2. The van der Waals surface area contributed by atoms with Gasteiger partial charge in [0.05, 0.1) is 5.69 Å². The molecule has 2 N–H and O–H groups in total. The first kappa shape index (κ1) is 16.5. The van der Waals surface area contributed by atoms with E-state index in [1.807, 2.05) is 20.8 Å². The molecule has 1 aromatic carbocycles. The maximum atomic E-state index is 12.5. The number of hydrogen-bond donors (Lipinski definition) is 2. The van der Waals surface area contributed by atoms with Gasteiger partial charge in [0.25, 0.3) is 5.91 Å². The lowest BCUT2D eigenvalue weighted by molar-refractivity contribution is 0.102. The van der Waals surface area contributed by atoms with Crippen LogP contribution in [0.2, 0.25) is 0 Å². The number of H-pyrrole nitrogens is 1. The van der Waals surface area contributed by atoms with E-state index in [0.717, 1.165) is 0 Å². The summed E-state index contributed by atoms with van der Waals surface area (Å²) in [5, 5.41) is 13.7. The fourth-order valence-electron chi connectivity index (χ4n) is 2.18. The molecular weight excluding hydrogens is 322 g/mol. The molecule has 3 aromatic rings. The van der Waals surface area contributed by atoms with Crippen LogP contribution in [0.4, 0.5) is 5.69 Å². The van der Waals surface area contributed by atoms with Crippen LogP contribution in [0.3, 0.4) is 0 Å². The van der Waals surface area contributed by atoms with E-state index in [2.05, 4.69) is 30.8 Å². The van der Waals surface area contributed by atoms with Crippen molar-refractivity contribution in [1.82, 2.24) is 30.2 Å². The zero-order chi connectivity index (χ0) is 18.0. The largest absolute Gasteiger partial charge is 0.345 e. The Bertz CT molecular complexity index is 955. The summed E-state index contributed by atoms with van der Waals surface area (Å²) in [6, 6.07) is 8.59. The van der Waals surface area contributed by atoms with Crippen molar-refractivity contribution in [3.63, 3.8) is 0 Å². The fourth-order valence-corrected chi connectivity index (χ4v) is 2.18. The minimum atomic E-state index is -0.556. The first-order chi connectivity index (χ1) is 11.8. The summed E-state index contributed by atoms with van der Waals surface area (Å²) in [4.78, 5) is 30.6. The summed E-state index contributed by atoms with van der Waals surface area (Å²) in [6.45, 7) is 5.82. The molecule has 0 radical (unpaired) electrons. The Morgan fingerprint density at radius 3 is 2.72 bits per heavy atom. The molecule has 0 aliphatic rings. The minimum Gasteiger partial charge on any atom is -0.321 e. The van der Waals surface area contributed by atoms with E-state index in [4.69, 9.17) is 0 Å². The first-order valence-corrected chi connectivity index (χ1v) is 7.59. The number of rotatable bonds is 3. The molecule has 2 heterocycles. The number of anilines is 1. The molecule has 3 rings (SSSR count). The highest BCUT2D eigenvalue weighted by atomic mass is 16.2. The van der Waals surface area contributed by atoms with Crippen LogP contribution in [-0.2, 0) is 5.41 Å². The van der Waals surface area contributed by atoms with Gasteiger partial charge < -0.3 is 10.3 Å². The van der Waals surface area contributed by atoms with Gasteiger partial charge in [0.2, 0.25) is 0 Å². The molecule has 0 bridgehead atoms. The van der Waals surface area contributed by atoms with Gasteiger partial charge in [-0.3, -0.25) is 4.79 Å². The summed E-state index contributed by atoms with van der Waals surface area (Å²) in [7, 11) is 0. The Hall–Kier alpha value is -3.36. The minimum absolute atomic E-state index is 0.0569. The summed E-state index contributed by atoms with van der Waals surface area (Å²) in [6.07, 6.45) is 1.45. The van der Waals surface area contributed by atoms with E-state index in [0.29, 0.717) is 17.1 Å². The summed E-state index contributed by atoms with van der Waals surface area (Å²) >= 11 is 0. The van der Waals surface area contributed by atoms with Crippen molar-refractivity contribution in [2.75, 3.05) is 5.32 Å². The number of nitrogens with zero attached hydrogens (tertiary/aromatic N) is 5. The zero-order valence-electron chi connectivity index (χ0n) is 14.0. The van der Waals surface area contributed by atoms with Gasteiger partial charge in [-0.25, -0.2) is 9.48 Å². The quantitative estimate of drug-likeness (QED) is 0.742. The van der Waals surface area contributed by atoms with Crippen LogP contribution in [-0.4, -0.2) is 36.1 Å². The predicted molar refractivity (Wildman–Crippen MR) is 90.7 cm³/mol. The second-order valence-electron chi connectivity index (χ2n) is 6.49. The summed E-state index contributed by atoms with van der Waals surface area (Å²) < 4.78 is 1.47. The topological polar surface area (TPSA) is 118 Å². The molecule has 0 aliphatic carbocycles. The molecule has 0 spiro atoms. The van der Waals surface area contributed by atoms with Crippen molar-refractivity contribution in [3.8, 4) is 5.69 Å². The van der Waals surface area contributed by atoms with Gasteiger partial charge in [-0.1, -0.05) is 26.8 Å². The van der Waals surface area contributed by atoms with Crippen molar-refractivity contribution in [3.05, 3.63) is 58.5 Å². The third-order valence-electron chi connectivity index (χ3n) is 3.50. The van der Waals surface area contributed by atoms with Gasteiger partial charge in [-0.05, 0) is 34.7 Å². The van der Waals surface area contributed by atoms with E-state index in [1.165, 1.54) is 11.0 Å². The van der Waals surface area contributed by atoms with Crippen molar-refractivity contribution >= 4 is 11.6 Å². The van der Waals surface area contributed by atoms with Crippen LogP contribution in [0.15, 0.2) is 41.5 Å². The molecule has 2 aromatic heterocycles. The van der Waals surface area contributed by atoms with Gasteiger partial charge in [0.1, 0.15) is 12.0 Å². The molecule has 0 unspecified atom stereocenters. The maximum Gasteiger partial charge on any atom is 0.345 e. The van der Waals surface area contributed by atoms with Crippen LogP contribution in [0, 0.1) is 0 Å². The van der Waals surface area contributed by atoms with Gasteiger partial charge in [0, 0.05) is 16.8 Å². The third-order valence-corrected chi connectivity index (χ3v) is 3.50. The molecule has 9 heteroatoms. The summed E-state index contributed by atoms with van der Waals surface area (Å²) in [5.74, 6) is -0.467. The number of aromatic amines is 1. The Morgan fingerprint density at radius 1 is 1.24 bits per heavy atom. The van der Waals surface area contributed by atoms with Gasteiger partial charge in [0.15, 0.2) is 0 Å². The average Bonchev–Trinajstić information content (AvgIpc) is 3.08. The molecule has 9 nitrogen and oxygen atoms in total. The Kier molecular flexibility index (Phi) is 4.14. The fraction of sp³-hybridized carbons (Fsp3) is 0.250. The number of nitrogens with one attached hydrogen (secondary N) is 2. The van der Waals surface area contributed by atoms with Gasteiger partial charge in [-0.15, -0.1) is 5.10 Å². The SMILES string of the molecule is CC(C)(C)c1cc(C(=O)Nc2cccc(-n3cnnn3)c2)nc(=O)[nH]1. The van der Waals surface area contributed by atoms with Crippen molar-refractivity contribution in [2.24, 2.45) is 0 Å². The molecule has 0 fully saturated rings. The lowest BCUT2D eigenvalue weighted by Crippen LogP contribution is -2.26. The maximum absolute atomic E-state index is 12.5. The number of carbonyl (C=O) groups is 1. The molecule has 128 valence electrons. The van der Waals surface area contributed by atoms with Gasteiger partial charge in [-0.2, -0.15) is 4.98 Å². The lowest BCUT2D eigenvalue weighted by Gasteiger charge is -2.18. The Labute approximate surface area is 143 Å². The van der Waals surface area contributed by atoms with Crippen LogP contribution < -0.4 is 11.0 Å². The molecule has 0 atom stereocenters. The second kappa shape index (κ2) is 6.27. The number of tetrazole rings is 1. The van der Waals surface area contributed by atoms with Gasteiger partial charge >= 0.3 is 5.69 Å². The number of amides is 1. The molecule has 25 heavy (non-hydrogen) atoms. The van der Waals surface area contributed by atoms with E-state index in [-0.39, 0.29) is 11.1 Å². The van der Waals surface area contributed by atoms with Crippen molar-refractivity contribution < 1.29 is 4.79 Å². The molecule has 0 saturated carbocycles. The van der Waals surface area contributed by atoms with Crippen LogP contribution >= 0.6 is 0 Å². The zero-order valence-corrected chi connectivity index (χ0v) is 14.0. The number of benzene rings is 1. The van der Waals surface area contributed by atoms with Crippen LogP contribution in [0.5, 0.6) is 0 Å². The monoisotopic (exact) mass is 339 g/mol. The number of hydrogen-bond acceptors (Lipinski definition) is 6. The average molecular weight is 339 g/mol. The van der Waals surface area contributed by atoms with E-state index >= 15 is 0 Å². The second-order valence-corrected chi connectivity index (χ2v) is 6.49. The molecule has 0 saturated heterocycles.